The highest BCUT2D eigenvalue weighted by Crippen LogP contribution is 2.40. The second-order valence-electron chi connectivity index (χ2n) is 6.06. The molecule has 6 heteroatoms. The van der Waals surface area contributed by atoms with Crippen molar-refractivity contribution in [2.24, 2.45) is 0 Å². The van der Waals surface area contributed by atoms with E-state index in [0.29, 0.717) is 6.61 Å². The van der Waals surface area contributed by atoms with Crippen LogP contribution in [0.5, 0.6) is 0 Å². The van der Waals surface area contributed by atoms with E-state index in [2.05, 4.69) is 12.3 Å². The molecule has 1 unspecified atom stereocenters. The van der Waals surface area contributed by atoms with Crippen molar-refractivity contribution in [3.05, 3.63) is 22.4 Å². The summed E-state index contributed by atoms with van der Waals surface area (Å²) in [5.41, 5.74) is 1.13. The molecule has 3 rings (SSSR count). The molecule has 0 amide bonds. The number of rotatable bonds is 7. The molecule has 0 radical (unpaired) electrons. The normalized spacial score (nSPS) is 37.6. The van der Waals surface area contributed by atoms with Gasteiger partial charge in [-0.25, -0.2) is 4.39 Å². The van der Waals surface area contributed by atoms with Gasteiger partial charge in [0.25, 0.3) is 0 Å². The SMILES string of the molecule is CCCC[C@H]1O[C@@H]2OC(C)(CF)O[C@@H]2[C@H]1OCc1ccsc1. The molecule has 124 valence electrons. The molecule has 1 aromatic rings. The molecule has 0 N–H and O–H groups in total. The summed E-state index contributed by atoms with van der Waals surface area (Å²) in [7, 11) is 0. The van der Waals surface area contributed by atoms with E-state index in [1.807, 2.05) is 11.4 Å². The minimum absolute atomic E-state index is 0.0576. The van der Waals surface area contributed by atoms with Crippen molar-refractivity contribution in [1.82, 2.24) is 0 Å². The van der Waals surface area contributed by atoms with Crippen molar-refractivity contribution in [3.8, 4) is 0 Å². The van der Waals surface area contributed by atoms with Crippen molar-refractivity contribution in [2.75, 3.05) is 6.67 Å². The Labute approximate surface area is 134 Å². The predicted octanol–water partition coefficient (Wildman–Crippen LogP) is 3.65. The Kier molecular flexibility index (Phi) is 5.14. The van der Waals surface area contributed by atoms with Crippen LogP contribution in [0.1, 0.15) is 38.7 Å². The second-order valence-corrected chi connectivity index (χ2v) is 6.84. The van der Waals surface area contributed by atoms with Gasteiger partial charge in [0.1, 0.15) is 18.9 Å². The number of hydrogen-bond donors (Lipinski definition) is 0. The van der Waals surface area contributed by atoms with Gasteiger partial charge in [-0.15, -0.1) is 0 Å². The van der Waals surface area contributed by atoms with Gasteiger partial charge in [0.2, 0.25) is 0 Å². The van der Waals surface area contributed by atoms with E-state index < -0.39 is 18.8 Å². The fourth-order valence-corrected chi connectivity index (χ4v) is 3.60. The molecule has 0 aliphatic carbocycles. The van der Waals surface area contributed by atoms with Crippen LogP contribution in [0.2, 0.25) is 0 Å². The van der Waals surface area contributed by atoms with Gasteiger partial charge in [0.15, 0.2) is 12.1 Å². The topological polar surface area (TPSA) is 36.9 Å². The lowest BCUT2D eigenvalue weighted by molar-refractivity contribution is -0.234. The zero-order valence-electron chi connectivity index (χ0n) is 13.0. The van der Waals surface area contributed by atoms with E-state index in [9.17, 15) is 4.39 Å². The molecule has 0 spiro atoms. The van der Waals surface area contributed by atoms with Gasteiger partial charge in [0.05, 0.1) is 12.7 Å². The van der Waals surface area contributed by atoms with E-state index in [1.165, 1.54) is 0 Å². The Morgan fingerprint density at radius 1 is 1.41 bits per heavy atom. The van der Waals surface area contributed by atoms with Crippen molar-refractivity contribution in [3.63, 3.8) is 0 Å². The molecular weight excluding hydrogens is 307 g/mol. The van der Waals surface area contributed by atoms with E-state index in [-0.39, 0.29) is 18.3 Å². The molecule has 2 saturated heterocycles. The zero-order valence-corrected chi connectivity index (χ0v) is 13.8. The van der Waals surface area contributed by atoms with E-state index in [0.717, 1.165) is 24.8 Å². The third-order valence-electron chi connectivity index (χ3n) is 4.13. The first-order valence-electron chi connectivity index (χ1n) is 7.85. The average molecular weight is 330 g/mol. The Hall–Kier alpha value is -0.530. The summed E-state index contributed by atoms with van der Waals surface area (Å²) in [6, 6.07) is 2.04. The number of unbranched alkanes of at least 4 members (excludes halogenated alkanes) is 1. The molecule has 2 fully saturated rings. The minimum Gasteiger partial charge on any atom is -0.368 e. The van der Waals surface area contributed by atoms with Crippen LogP contribution in [0.15, 0.2) is 16.8 Å². The lowest BCUT2D eigenvalue weighted by Crippen LogP contribution is -2.38. The van der Waals surface area contributed by atoms with Gasteiger partial charge in [-0.3, -0.25) is 0 Å². The fourth-order valence-electron chi connectivity index (χ4n) is 2.94. The summed E-state index contributed by atoms with van der Waals surface area (Å²) in [5.74, 6) is -1.21. The summed E-state index contributed by atoms with van der Waals surface area (Å²) in [5, 5.41) is 4.09. The Balaban J connectivity index is 1.66. The number of halogens is 1. The van der Waals surface area contributed by atoms with Crippen LogP contribution < -0.4 is 0 Å². The first-order valence-corrected chi connectivity index (χ1v) is 8.79. The Bertz CT molecular complexity index is 469. The minimum atomic E-state index is -1.21. The highest BCUT2D eigenvalue weighted by atomic mass is 32.1. The van der Waals surface area contributed by atoms with E-state index in [4.69, 9.17) is 18.9 Å². The van der Waals surface area contributed by atoms with Crippen molar-refractivity contribution in [2.45, 2.75) is 70.1 Å². The van der Waals surface area contributed by atoms with Crippen LogP contribution in [0, 0.1) is 0 Å². The van der Waals surface area contributed by atoms with E-state index >= 15 is 0 Å². The third kappa shape index (κ3) is 3.36. The van der Waals surface area contributed by atoms with Gasteiger partial charge in [-0.1, -0.05) is 19.8 Å². The van der Waals surface area contributed by atoms with Crippen LogP contribution in [0.4, 0.5) is 4.39 Å². The summed E-state index contributed by atoms with van der Waals surface area (Å²) in [4.78, 5) is 0. The molecule has 2 aliphatic heterocycles. The van der Waals surface area contributed by atoms with Crippen molar-refractivity contribution in [1.29, 1.82) is 0 Å². The quantitative estimate of drug-likeness (QED) is 0.765. The highest BCUT2D eigenvalue weighted by Gasteiger charge is 2.56. The predicted molar refractivity (Wildman–Crippen MR) is 81.4 cm³/mol. The lowest BCUT2D eigenvalue weighted by Gasteiger charge is -2.26. The summed E-state index contributed by atoms with van der Waals surface area (Å²) in [6.07, 6.45) is 1.88. The maximum Gasteiger partial charge on any atom is 0.197 e. The smallest absolute Gasteiger partial charge is 0.197 e. The first-order chi connectivity index (χ1) is 10.6. The monoisotopic (exact) mass is 330 g/mol. The number of ether oxygens (including phenoxy) is 4. The largest absolute Gasteiger partial charge is 0.368 e. The van der Waals surface area contributed by atoms with Crippen molar-refractivity contribution < 1.29 is 23.3 Å². The third-order valence-corrected chi connectivity index (χ3v) is 4.86. The maximum atomic E-state index is 13.1. The highest BCUT2D eigenvalue weighted by molar-refractivity contribution is 7.07. The Morgan fingerprint density at radius 3 is 2.95 bits per heavy atom. The molecule has 0 bridgehead atoms. The molecule has 4 nitrogen and oxygen atoms in total. The second kappa shape index (κ2) is 6.93. The van der Waals surface area contributed by atoms with Gasteiger partial charge >= 0.3 is 0 Å². The molecule has 0 saturated carbocycles. The summed E-state index contributed by atoms with van der Waals surface area (Å²) >= 11 is 1.64. The number of thiophene rings is 1. The van der Waals surface area contributed by atoms with Gasteiger partial charge in [-0.05, 0) is 35.7 Å². The van der Waals surface area contributed by atoms with E-state index in [1.54, 1.807) is 18.3 Å². The first kappa shape index (κ1) is 16.3. The molecule has 3 heterocycles. The number of alkyl halides is 1. The number of fused-ring (bicyclic) bond motifs is 1. The Morgan fingerprint density at radius 2 is 2.27 bits per heavy atom. The van der Waals surface area contributed by atoms with Crippen LogP contribution >= 0.6 is 11.3 Å². The molecule has 1 aromatic heterocycles. The summed E-state index contributed by atoms with van der Waals surface area (Å²) < 4.78 is 36.4. The molecular formula is C16H23FO4S. The van der Waals surface area contributed by atoms with Gasteiger partial charge in [-0.2, -0.15) is 11.3 Å². The maximum absolute atomic E-state index is 13.1. The van der Waals surface area contributed by atoms with Gasteiger partial charge in [0, 0.05) is 0 Å². The molecule has 2 aliphatic rings. The molecule has 0 aromatic carbocycles. The standard InChI is InChI=1S/C16H23FO4S/c1-3-4-5-12-13(18-8-11-6-7-22-9-11)14-15(19-12)21-16(2,10-17)20-14/h6-7,9,12-15H,3-5,8,10H2,1-2H3/t12-,13+,14-,15-,16?/m1/s1. The summed E-state index contributed by atoms with van der Waals surface area (Å²) in [6.45, 7) is 3.56. The average Bonchev–Trinajstić information content (AvgIpc) is 3.19. The van der Waals surface area contributed by atoms with Crippen LogP contribution in [-0.4, -0.2) is 37.1 Å². The van der Waals surface area contributed by atoms with Gasteiger partial charge < -0.3 is 18.9 Å². The van der Waals surface area contributed by atoms with Crippen LogP contribution in [0.3, 0.4) is 0 Å². The molecule has 5 atom stereocenters. The number of hydrogen-bond acceptors (Lipinski definition) is 5. The zero-order chi connectivity index (χ0) is 15.6. The van der Waals surface area contributed by atoms with Crippen LogP contribution in [0.25, 0.3) is 0 Å². The van der Waals surface area contributed by atoms with Crippen LogP contribution in [-0.2, 0) is 25.6 Å². The molecule has 22 heavy (non-hydrogen) atoms. The lowest BCUT2D eigenvalue weighted by atomic mass is 10.1. The van der Waals surface area contributed by atoms with Crippen molar-refractivity contribution >= 4 is 11.3 Å². The fraction of sp³-hybridized carbons (Fsp3) is 0.750.